The molecular weight excluding hydrogens is 512 g/mol. The van der Waals surface area contributed by atoms with Crippen molar-refractivity contribution in [2.45, 2.75) is 71.2 Å². The van der Waals surface area contributed by atoms with Gasteiger partial charge in [-0.25, -0.2) is 4.79 Å². The number of alkyl carbamates (subject to hydrolysis) is 1. The van der Waals surface area contributed by atoms with Crippen LogP contribution in [-0.2, 0) is 19.1 Å². The number of nitrogens with two attached hydrogens (primary N) is 1. The highest BCUT2D eigenvalue weighted by Crippen LogP contribution is 2.44. The van der Waals surface area contributed by atoms with Crippen LogP contribution >= 0.6 is 0 Å². The lowest BCUT2D eigenvalue weighted by molar-refractivity contribution is -0.134. The molecule has 4 amide bonds. The van der Waals surface area contributed by atoms with Crippen molar-refractivity contribution in [3.05, 3.63) is 59.7 Å². The van der Waals surface area contributed by atoms with Crippen LogP contribution in [0.25, 0.3) is 11.1 Å². The molecule has 0 unspecified atom stereocenters. The summed E-state index contributed by atoms with van der Waals surface area (Å²) in [6.45, 7) is 8.50. The number of ether oxygens (including phenoxy) is 1. The van der Waals surface area contributed by atoms with Gasteiger partial charge in [-0.3, -0.25) is 14.4 Å². The molecule has 0 heterocycles. The first-order chi connectivity index (χ1) is 19.0. The molecule has 0 aliphatic heterocycles. The van der Waals surface area contributed by atoms with E-state index in [0.29, 0.717) is 6.42 Å². The number of nitrogens with one attached hydrogen (secondary N) is 3. The molecular formula is C30H40N4O6. The Morgan fingerprint density at radius 1 is 0.825 bits per heavy atom. The summed E-state index contributed by atoms with van der Waals surface area (Å²) in [7, 11) is 0. The van der Waals surface area contributed by atoms with E-state index in [1.807, 2.05) is 55.5 Å². The SMILES string of the molecule is CC[C@H](C)[C@H](NC(=O)[C@@H](NC(=O)[C@@H](NC(=O)OCC1c2ccccc2-c2ccccc21)[C@@H](C)O)C(C)C)C(N)=O. The second kappa shape index (κ2) is 13.4. The lowest BCUT2D eigenvalue weighted by atomic mass is 9.96. The minimum Gasteiger partial charge on any atom is -0.449 e. The van der Waals surface area contributed by atoms with Crippen molar-refractivity contribution in [3.8, 4) is 11.1 Å². The molecule has 2 aromatic rings. The number of primary amides is 1. The van der Waals surface area contributed by atoms with Crippen LogP contribution in [-0.4, -0.2) is 59.8 Å². The van der Waals surface area contributed by atoms with Crippen molar-refractivity contribution in [2.75, 3.05) is 6.61 Å². The smallest absolute Gasteiger partial charge is 0.407 e. The summed E-state index contributed by atoms with van der Waals surface area (Å²) in [5.74, 6) is -2.76. The Kier molecular flexibility index (Phi) is 10.3. The number of fused-ring (bicyclic) bond motifs is 3. The molecule has 5 atom stereocenters. The topological polar surface area (TPSA) is 160 Å². The fourth-order valence-corrected chi connectivity index (χ4v) is 4.92. The normalized spacial score (nSPS) is 16.1. The van der Waals surface area contributed by atoms with Crippen LogP contribution in [0.3, 0.4) is 0 Å². The average molecular weight is 553 g/mol. The van der Waals surface area contributed by atoms with Crippen LogP contribution in [0.15, 0.2) is 48.5 Å². The second-order valence-corrected chi connectivity index (χ2v) is 10.7. The number of rotatable bonds is 12. The fraction of sp³-hybridized carbons (Fsp3) is 0.467. The van der Waals surface area contributed by atoms with E-state index >= 15 is 0 Å². The molecule has 1 aliphatic carbocycles. The highest BCUT2D eigenvalue weighted by Gasteiger charge is 2.34. The van der Waals surface area contributed by atoms with Crippen LogP contribution in [0.1, 0.15) is 58.1 Å². The predicted molar refractivity (Wildman–Crippen MR) is 151 cm³/mol. The Morgan fingerprint density at radius 2 is 1.32 bits per heavy atom. The zero-order valence-corrected chi connectivity index (χ0v) is 23.6. The Balaban J connectivity index is 1.66. The number of hydrogen-bond donors (Lipinski definition) is 5. The molecule has 216 valence electrons. The van der Waals surface area contributed by atoms with Gasteiger partial charge >= 0.3 is 6.09 Å². The fourth-order valence-electron chi connectivity index (χ4n) is 4.92. The summed E-state index contributed by atoms with van der Waals surface area (Å²) >= 11 is 0. The zero-order valence-electron chi connectivity index (χ0n) is 23.6. The lowest BCUT2D eigenvalue weighted by Gasteiger charge is -2.29. The van der Waals surface area contributed by atoms with Gasteiger partial charge < -0.3 is 31.5 Å². The van der Waals surface area contributed by atoms with Gasteiger partial charge in [0.05, 0.1) is 6.10 Å². The van der Waals surface area contributed by atoms with E-state index in [9.17, 15) is 24.3 Å². The maximum Gasteiger partial charge on any atom is 0.407 e. The predicted octanol–water partition coefficient (Wildman–Crippen LogP) is 2.43. The molecule has 10 nitrogen and oxygen atoms in total. The van der Waals surface area contributed by atoms with Gasteiger partial charge in [-0.2, -0.15) is 0 Å². The van der Waals surface area contributed by atoms with E-state index in [1.165, 1.54) is 6.92 Å². The van der Waals surface area contributed by atoms with Gasteiger partial charge in [-0.1, -0.05) is 82.6 Å². The van der Waals surface area contributed by atoms with E-state index in [2.05, 4.69) is 16.0 Å². The van der Waals surface area contributed by atoms with E-state index in [0.717, 1.165) is 22.3 Å². The maximum atomic E-state index is 13.1. The van der Waals surface area contributed by atoms with E-state index in [-0.39, 0.29) is 24.4 Å². The van der Waals surface area contributed by atoms with Crippen LogP contribution in [0, 0.1) is 11.8 Å². The van der Waals surface area contributed by atoms with Gasteiger partial charge in [0.1, 0.15) is 24.7 Å². The van der Waals surface area contributed by atoms with E-state index in [4.69, 9.17) is 10.5 Å². The summed E-state index contributed by atoms with van der Waals surface area (Å²) in [5, 5.41) is 17.9. The summed E-state index contributed by atoms with van der Waals surface area (Å²) in [4.78, 5) is 50.8. The Morgan fingerprint density at radius 3 is 1.80 bits per heavy atom. The average Bonchev–Trinajstić information content (AvgIpc) is 3.24. The van der Waals surface area contributed by atoms with Crippen molar-refractivity contribution in [1.82, 2.24) is 16.0 Å². The summed E-state index contributed by atoms with van der Waals surface area (Å²) in [5.41, 5.74) is 9.72. The van der Waals surface area contributed by atoms with Gasteiger partial charge in [0, 0.05) is 5.92 Å². The number of aliphatic hydroxyl groups is 1. The first-order valence-electron chi connectivity index (χ1n) is 13.7. The third-order valence-electron chi connectivity index (χ3n) is 7.45. The van der Waals surface area contributed by atoms with Gasteiger partial charge in [0.15, 0.2) is 0 Å². The molecule has 0 bridgehead atoms. The molecule has 2 aromatic carbocycles. The number of amides is 4. The van der Waals surface area contributed by atoms with Crippen molar-refractivity contribution in [2.24, 2.45) is 17.6 Å². The quantitative estimate of drug-likeness (QED) is 0.272. The third kappa shape index (κ3) is 6.98. The van der Waals surface area contributed by atoms with Gasteiger partial charge in [0.2, 0.25) is 17.7 Å². The summed E-state index contributed by atoms with van der Waals surface area (Å²) in [6, 6.07) is 12.5. The minimum absolute atomic E-state index is 0.0369. The molecule has 0 saturated carbocycles. The molecule has 0 saturated heterocycles. The summed E-state index contributed by atoms with van der Waals surface area (Å²) in [6.07, 6.45) is -1.55. The zero-order chi connectivity index (χ0) is 29.6. The molecule has 40 heavy (non-hydrogen) atoms. The largest absolute Gasteiger partial charge is 0.449 e. The molecule has 6 N–H and O–H groups in total. The van der Waals surface area contributed by atoms with Crippen molar-refractivity contribution < 1.29 is 29.0 Å². The molecule has 3 rings (SSSR count). The van der Waals surface area contributed by atoms with Crippen molar-refractivity contribution >= 4 is 23.8 Å². The highest BCUT2D eigenvalue weighted by molar-refractivity contribution is 5.94. The summed E-state index contributed by atoms with van der Waals surface area (Å²) < 4.78 is 5.52. The van der Waals surface area contributed by atoms with E-state index in [1.54, 1.807) is 20.8 Å². The maximum absolute atomic E-state index is 13.1. The number of carbonyl (C=O) groups is 4. The number of aliphatic hydroxyl groups excluding tert-OH is 1. The molecule has 0 fully saturated rings. The van der Waals surface area contributed by atoms with Crippen LogP contribution in [0.5, 0.6) is 0 Å². The van der Waals surface area contributed by atoms with Crippen molar-refractivity contribution in [3.63, 3.8) is 0 Å². The standard InChI is InChI=1S/C30H40N4O6/c1-6-17(4)25(27(31)36)33-28(37)24(16(2)3)32-29(38)26(18(5)35)34-30(39)40-15-23-21-13-9-7-11-19(21)20-12-8-10-14-22(20)23/h7-14,16-18,23-26,35H,6,15H2,1-5H3,(H2,31,36)(H,32,38)(H,33,37)(H,34,39)/t17-,18+,24-,25-,26-/m0/s1. The molecule has 0 radical (unpaired) electrons. The first kappa shape index (κ1) is 30.6. The Bertz CT molecular complexity index is 1180. The third-order valence-corrected chi connectivity index (χ3v) is 7.45. The van der Waals surface area contributed by atoms with Gasteiger partial charge in [-0.05, 0) is 41.0 Å². The van der Waals surface area contributed by atoms with Gasteiger partial charge in [0.25, 0.3) is 0 Å². The van der Waals surface area contributed by atoms with Crippen LogP contribution in [0.4, 0.5) is 4.79 Å². The van der Waals surface area contributed by atoms with Crippen molar-refractivity contribution in [1.29, 1.82) is 0 Å². The number of carbonyl (C=O) groups excluding carboxylic acids is 4. The monoisotopic (exact) mass is 552 g/mol. The Labute approximate surface area is 235 Å². The first-order valence-corrected chi connectivity index (χ1v) is 13.7. The minimum atomic E-state index is -1.38. The molecule has 10 heteroatoms. The second-order valence-electron chi connectivity index (χ2n) is 10.7. The number of benzene rings is 2. The molecule has 0 aromatic heterocycles. The number of hydrogen-bond acceptors (Lipinski definition) is 6. The molecule has 1 aliphatic rings. The van der Waals surface area contributed by atoms with Crippen LogP contribution in [0.2, 0.25) is 0 Å². The molecule has 0 spiro atoms. The van der Waals surface area contributed by atoms with Gasteiger partial charge in [-0.15, -0.1) is 0 Å². The lowest BCUT2D eigenvalue weighted by Crippen LogP contribution is -2.60. The van der Waals surface area contributed by atoms with Crippen LogP contribution < -0.4 is 21.7 Å². The van der Waals surface area contributed by atoms with E-state index < -0.39 is 48.0 Å². The highest BCUT2D eigenvalue weighted by atomic mass is 16.5. The Hall–Kier alpha value is -3.92.